The van der Waals surface area contributed by atoms with Crippen LogP contribution in [0.25, 0.3) is 0 Å². The average Bonchev–Trinajstić information content (AvgIpc) is 3.13. The van der Waals surface area contributed by atoms with Crippen molar-refractivity contribution < 1.29 is 9.53 Å². The fraction of sp³-hybridized carbons (Fsp3) is 0.632. The van der Waals surface area contributed by atoms with E-state index in [9.17, 15) is 4.79 Å². The Hall–Kier alpha value is -1.47. The largest absolute Gasteiger partial charge is 0.379 e. The molecular formula is C19H30N4O2. The van der Waals surface area contributed by atoms with Crippen LogP contribution in [0.4, 0.5) is 0 Å². The maximum atomic E-state index is 12.6. The van der Waals surface area contributed by atoms with Gasteiger partial charge in [0.1, 0.15) is 6.04 Å². The van der Waals surface area contributed by atoms with E-state index in [1.807, 2.05) is 6.07 Å². The van der Waals surface area contributed by atoms with Crippen LogP contribution in [0, 0.1) is 0 Å². The van der Waals surface area contributed by atoms with E-state index >= 15 is 0 Å². The number of nitrogens with one attached hydrogen (secondary N) is 3. The van der Waals surface area contributed by atoms with E-state index < -0.39 is 0 Å². The Balaban J connectivity index is 1.58. The second-order valence-corrected chi connectivity index (χ2v) is 6.88. The Morgan fingerprint density at radius 3 is 2.76 bits per heavy atom. The third-order valence-corrected chi connectivity index (χ3v) is 5.08. The van der Waals surface area contributed by atoms with E-state index in [4.69, 9.17) is 4.74 Å². The van der Waals surface area contributed by atoms with Gasteiger partial charge in [-0.25, -0.2) is 5.43 Å². The number of nitrogens with zero attached hydrogens (tertiary/aromatic N) is 1. The van der Waals surface area contributed by atoms with Gasteiger partial charge in [-0.1, -0.05) is 43.7 Å². The molecule has 1 aromatic carbocycles. The summed E-state index contributed by atoms with van der Waals surface area (Å²) in [6.45, 7) is 6.10. The topological polar surface area (TPSA) is 65.6 Å². The van der Waals surface area contributed by atoms with Crippen LogP contribution in [0.3, 0.4) is 0 Å². The number of hydrazine groups is 1. The van der Waals surface area contributed by atoms with Crippen LogP contribution in [0.15, 0.2) is 30.3 Å². The number of amides is 1. The van der Waals surface area contributed by atoms with Crippen LogP contribution in [-0.2, 0) is 9.53 Å². The molecule has 2 heterocycles. The molecular weight excluding hydrogens is 316 g/mol. The quantitative estimate of drug-likeness (QED) is 0.693. The van der Waals surface area contributed by atoms with Crippen molar-refractivity contribution in [2.24, 2.45) is 0 Å². The molecule has 25 heavy (non-hydrogen) atoms. The van der Waals surface area contributed by atoms with Gasteiger partial charge < -0.3 is 10.1 Å². The van der Waals surface area contributed by atoms with Crippen molar-refractivity contribution in [1.29, 1.82) is 0 Å². The highest BCUT2D eigenvalue weighted by atomic mass is 16.5. The molecule has 3 N–H and O–H groups in total. The lowest BCUT2D eigenvalue weighted by atomic mass is 10.0. The Morgan fingerprint density at radius 2 is 2.04 bits per heavy atom. The fourth-order valence-corrected chi connectivity index (χ4v) is 3.67. The number of carbonyl (C=O) groups is 1. The van der Waals surface area contributed by atoms with Gasteiger partial charge in [0.2, 0.25) is 5.91 Å². The summed E-state index contributed by atoms with van der Waals surface area (Å²) in [4.78, 5) is 15.0. The van der Waals surface area contributed by atoms with Crippen LogP contribution in [-0.4, -0.2) is 55.7 Å². The van der Waals surface area contributed by atoms with Crippen molar-refractivity contribution in [1.82, 2.24) is 21.1 Å². The molecule has 138 valence electrons. The van der Waals surface area contributed by atoms with E-state index in [0.717, 1.165) is 45.6 Å². The smallest absolute Gasteiger partial charge is 0.238 e. The molecule has 6 nitrogen and oxygen atoms in total. The number of hydrogen-bond donors (Lipinski definition) is 3. The second-order valence-electron chi connectivity index (χ2n) is 6.88. The van der Waals surface area contributed by atoms with Gasteiger partial charge in [0, 0.05) is 25.7 Å². The lowest BCUT2D eigenvalue weighted by molar-refractivity contribution is -0.123. The van der Waals surface area contributed by atoms with Gasteiger partial charge in [0.25, 0.3) is 0 Å². The number of ether oxygens (including phenoxy) is 1. The number of hydrogen-bond acceptors (Lipinski definition) is 5. The third-order valence-electron chi connectivity index (χ3n) is 5.08. The van der Waals surface area contributed by atoms with E-state index in [-0.39, 0.29) is 18.0 Å². The minimum Gasteiger partial charge on any atom is -0.379 e. The molecule has 0 saturated carbocycles. The predicted molar refractivity (Wildman–Crippen MR) is 98.0 cm³/mol. The van der Waals surface area contributed by atoms with Gasteiger partial charge in [0.15, 0.2) is 0 Å². The Kier molecular flexibility index (Phi) is 6.81. The summed E-state index contributed by atoms with van der Waals surface area (Å²) in [5.41, 5.74) is 7.61. The molecule has 1 aromatic rings. The summed E-state index contributed by atoms with van der Waals surface area (Å²) in [6.07, 6.45) is 3.07. The van der Waals surface area contributed by atoms with Crippen molar-refractivity contribution in [2.45, 2.75) is 44.3 Å². The minimum absolute atomic E-state index is 0.0836. The number of morpholine rings is 1. The molecule has 3 unspecified atom stereocenters. The first-order chi connectivity index (χ1) is 12.3. The summed E-state index contributed by atoms with van der Waals surface area (Å²) in [7, 11) is 0. The molecule has 6 heteroatoms. The first-order valence-corrected chi connectivity index (χ1v) is 9.43. The fourth-order valence-electron chi connectivity index (χ4n) is 3.67. The van der Waals surface area contributed by atoms with Crippen molar-refractivity contribution >= 4 is 5.91 Å². The summed E-state index contributed by atoms with van der Waals surface area (Å²) in [5.74, 6) is 0.0836. The molecule has 0 radical (unpaired) electrons. The molecule has 0 bridgehead atoms. The average molecular weight is 346 g/mol. The standard InChI is InChI=1S/C19H30N4O2/c1-2-6-16-13-17(22-21-16)19(24)20-14-18(15-7-4-3-5-8-15)23-9-11-25-12-10-23/h3-5,7-8,16-18,21-22H,2,6,9-14H2,1H3,(H,20,24). The zero-order valence-corrected chi connectivity index (χ0v) is 15.0. The van der Waals surface area contributed by atoms with Gasteiger partial charge in [-0.2, -0.15) is 0 Å². The van der Waals surface area contributed by atoms with E-state index in [2.05, 4.69) is 52.3 Å². The molecule has 2 saturated heterocycles. The van der Waals surface area contributed by atoms with Gasteiger partial charge in [-0.05, 0) is 18.4 Å². The predicted octanol–water partition coefficient (Wildman–Crippen LogP) is 1.21. The monoisotopic (exact) mass is 346 g/mol. The van der Waals surface area contributed by atoms with E-state index in [0.29, 0.717) is 12.6 Å². The van der Waals surface area contributed by atoms with Crippen molar-refractivity contribution in [3.63, 3.8) is 0 Å². The van der Waals surface area contributed by atoms with Gasteiger partial charge in [-0.15, -0.1) is 0 Å². The molecule has 3 rings (SSSR count). The van der Waals surface area contributed by atoms with Crippen LogP contribution >= 0.6 is 0 Å². The van der Waals surface area contributed by atoms with Crippen LogP contribution < -0.4 is 16.2 Å². The number of benzene rings is 1. The van der Waals surface area contributed by atoms with Crippen molar-refractivity contribution in [3.8, 4) is 0 Å². The molecule has 2 aliphatic rings. The van der Waals surface area contributed by atoms with E-state index in [1.54, 1.807) is 0 Å². The highest BCUT2D eigenvalue weighted by molar-refractivity contribution is 5.82. The highest BCUT2D eigenvalue weighted by Gasteiger charge is 2.30. The summed E-state index contributed by atoms with van der Waals surface area (Å²) in [5, 5.41) is 3.16. The number of carbonyl (C=O) groups excluding carboxylic acids is 1. The summed E-state index contributed by atoms with van der Waals surface area (Å²) >= 11 is 0. The van der Waals surface area contributed by atoms with Gasteiger partial charge in [0.05, 0.1) is 19.3 Å². The molecule has 2 aliphatic heterocycles. The van der Waals surface area contributed by atoms with Crippen LogP contribution in [0.1, 0.15) is 37.8 Å². The normalized spacial score (nSPS) is 25.6. The van der Waals surface area contributed by atoms with Crippen molar-refractivity contribution in [2.75, 3.05) is 32.8 Å². The number of rotatable bonds is 7. The van der Waals surface area contributed by atoms with Crippen LogP contribution in [0.2, 0.25) is 0 Å². The van der Waals surface area contributed by atoms with E-state index in [1.165, 1.54) is 5.56 Å². The SMILES string of the molecule is CCCC1CC(C(=O)NCC(c2ccccc2)N2CCOCC2)NN1. The third kappa shape index (κ3) is 5.01. The highest BCUT2D eigenvalue weighted by Crippen LogP contribution is 2.21. The molecule has 3 atom stereocenters. The zero-order valence-electron chi connectivity index (χ0n) is 15.0. The van der Waals surface area contributed by atoms with Crippen LogP contribution in [0.5, 0.6) is 0 Å². The Bertz CT molecular complexity index is 533. The second kappa shape index (κ2) is 9.29. The molecule has 0 spiro atoms. The molecule has 1 amide bonds. The minimum atomic E-state index is -0.141. The summed E-state index contributed by atoms with van der Waals surface area (Å²) in [6, 6.07) is 10.9. The lowest BCUT2D eigenvalue weighted by Gasteiger charge is -2.35. The maximum Gasteiger partial charge on any atom is 0.238 e. The molecule has 0 aliphatic carbocycles. The van der Waals surface area contributed by atoms with Gasteiger partial charge in [-0.3, -0.25) is 15.1 Å². The first-order valence-electron chi connectivity index (χ1n) is 9.43. The first kappa shape index (κ1) is 18.3. The Morgan fingerprint density at radius 1 is 1.28 bits per heavy atom. The lowest BCUT2D eigenvalue weighted by Crippen LogP contribution is -2.48. The molecule has 0 aromatic heterocycles. The zero-order chi connectivity index (χ0) is 17.5. The maximum absolute atomic E-state index is 12.6. The Labute approximate surface area is 150 Å². The van der Waals surface area contributed by atoms with Crippen molar-refractivity contribution in [3.05, 3.63) is 35.9 Å². The van der Waals surface area contributed by atoms with Gasteiger partial charge >= 0.3 is 0 Å². The summed E-state index contributed by atoms with van der Waals surface area (Å²) < 4.78 is 5.48. The molecule has 2 fully saturated rings.